The van der Waals surface area contributed by atoms with Crippen molar-refractivity contribution in [3.63, 3.8) is 0 Å². The fraction of sp³-hybridized carbons (Fsp3) is 0.439. The third-order valence-electron chi connectivity index (χ3n) is 12.5. The van der Waals surface area contributed by atoms with Crippen molar-refractivity contribution in [3.8, 4) is 0 Å². The van der Waals surface area contributed by atoms with Gasteiger partial charge in [-0.05, 0) is 125 Å². The molecule has 78 heavy (non-hydrogen) atoms. The van der Waals surface area contributed by atoms with E-state index in [0.29, 0.717) is 24.0 Å². The van der Waals surface area contributed by atoms with Gasteiger partial charge in [0.15, 0.2) is 0 Å². The molecule has 4 aromatic rings. The zero-order valence-electron chi connectivity index (χ0n) is 45.0. The second kappa shape index (κ2) is 27.2. The third kappa shape index (κ3) is 19.2. The number of nitrogens with one attached hydrogen (secondary N) is 5. The number of carboxylic acids is 1. The van der Waals surface area contributed by atoms with Gasteiger partial charge in [-0.25, -0.2) is 9.18 Å². The predicted molar refractivity (Wildman–Crippen MR) is 290 cm³/mol. The second-order valence-electron chi connectivity index (χ2n) is 21.4. The summed E-state index contributed by atoms with van der Waals surface area (Å²) in [6.45, 7) is 12.1. The molecule has 1 aliphatic heterocycles. The summed E-state index contributed by atoms with van der Waals surface area (Å²) in [5.41, 5.74) is -0.379. The van der Waals surface area contributed by atoms with Gasteiger partial charge in [0.25, 0.3) is 16.0 Å². The molecule has 6 amide bonds. The van der Waals surface area contributed by atoms with Crippen molar-refractivity contribution in [1.29, 1.82) is 0 Å². The number of carboxylic acid groups (broad SMARTS) is 1. The summed E-state index contributed by atoms with van der Waals surface area (Å²) >= 11 is 0. The molecule has 0 bridgehead atoms. The summed E-state index contributed by atoms with van der Waals surface area (Å²) in [5, 5.41) is 24.9. The highest BCUT2D eigenvalue weighted by atomic mass is 32.2. The molecule has 5 rings (SSSR count). The Kier molecular flexibility index (Phi) is 21.4. The number of ether oxygens (including phenoxy) is 1. The van der Waals surface area contributed by atoms with E-state index in [1.807, 2.05) is 42.5 Å². The SMILES string of the molecule is CCC[C@H](NC(=O)[C@H](Cc1ccc(CS(=O)(=O)O)cc1)NC(=O)c1ccc(F)c(/C=C/C(=O)OC(C)(C)C)c1)C(=O)N1CCC[C@H]1C(=O)N[C@@H](Cc1cccc2ccccc12)C(=O)N[C@@H](CCCC(=O)O)C(=O)NC(C)(C)C. The Hall–Kier alpha value is -7.52. The van der Waals surface area contributed by atoms with Gasteiger partial charge in [-0.15, -0.1) is 0 Å². The lowest BCUT2D eigenvalue weighted by Gasteiger charge is -2.31. The molecule has 420 valence electrons. The maximum Gasteiger partial charge on any atom is 0.331 e. The topological polar surface area (TPSA) is 284 Å². The van der Waals surface area contributed by atoms with Crippen molar-refractivity contribution in [2.75, 3.05) is 6.54 Å². The molecular weight excluding hydrogens is 1030 g/mol. The minimum Gasteiger partial charge on any atom is -0.481 e. The fourth-order valence-electron chi connectivity index (χ4n) is 8.92. The molecule has 7 N–H and O–H groups in total. The highest BCUT2D eigenvalue weighted by molar-refractivity contribution is 7.85. The van der Waals surface area contributed by atoms with Gasteiger partial charge in [0.1, 0.15) is 47.4 Å². The highest BCUT2D eigenvalue weighted by Gasteiger charge is 2.40. The Morgan fingerprint density at radius 1 is 0.769 bits per heavy atom. The number of hydrogen-bond acceptors (Lipinski definition) is 11. The monoisotopic (exact) mass is 1100 g/mol. The summed E-state index contributed by atoms with van der Waals surface area (Å²) in [4.78, 5) is 111. The maximum atomic E-state index is 15.0. The summed E-state index contributed by atoms with van der Waals surface area (Å²) in [5.74, 6) is -7.46. The largest absolute Gasteiger partial charge is 0.481 e. The molecule has 0 aromatic heterocycles. The molecule has 0 radical (unpaired) electrons. The van der Waals surface area contributed by atoms with E-state index in [0.717, 1.165) is 29.0 Å². The van der Waals surface area contributed by atoms with Gasteiger partial charge in [0.05, 0.1) is 0 Å². The number of benzene rings is 4. The van der Waals surface area contributed by atoms with Crippen LogP contribution in [0.1, 0.15) is 126 Å². The van der Waals surface area contributed by atoms with Crippen LogP contribution in [-0.4, -0.2) is 118 Å². The smallest absolute Gasteiger partial charge is 0.331 e. The zero-order valence-corrected chi connectivity index (χ0v) is 45.8. The number of halogens is 1. The molecule has 19 nitrogen and oxygen atoms in total. The first-order valence-corrected chi connectivity index (χ1v) is 27.5. The molecule has 1 heterocycles. The van der Waals surface area contributed by atoms with Crippen LogP contribution < -0.4 is 26.6 Å². The van der Waals surface area contributed by atoms with E-state index in [-0.39, 0.29) is 68.2 Å². The van der Waals surface area contributed by atoms with Gasteiger partial charge in [-0.1, -0.05) is 80.1 Å². The van der Waals surface area contributed by atoms with E-state index in [2.05, 4.69) is 26.6 Å². The Morgan fingerprint density at radius 2 is 1.41 bits per heavy atom. The van der Waals surface area contributed by atoms with Crippen LogP contribution in [0.2, 0.25) is 0 Å². The van der Waals surface area contributed by atoms with Crippen molar-refractivity contribution in [2.24, 2.45) is 0 Å². The summed E-state index contributed by atoms with van der Waals surface area (Å²) < 4.78 is 52.8. The molecule has 21 heteroatoms. The number of rotatable bonds is 24. The van der Waals surface area contributed by atoms with Crippen LogP contribution in [0.25, 0.3) is 16.8 Å². The minimum absolute atomic E-state index is 0.0135. The van der Waals surface area contributed by atoms with E-state index >= 15 is 0 Å². The highest BCUT2D eigenvalue weighted by Crippen LogP contribution is 2.24. The van der Waals surface area contributed by atoms with E-state index in [1.54, 1.807) is 48.5 Å². The molecule has 0 unspecified atom stereocenters. The van der Waals surface area contributed by atoms with Crippen molar-refractivity contribution < 1.29 is 65.6 Å². The molecule has 0 spiro atoms. The van der Waals surface area contributed by atoms with Gasteiger partial charge in [0, 0.05) is 48.5 Å². The molecule has 0 saturated carbocycles. The summed E-state index contributed by atoms with van der Waals surface area (Å²) in [7, 11) is -4.37. The average molecular weight is 1100 g/mol. The van der Waals surface area contributed by atoms with Crippen LogP contribution in [0.4, 0.5) is 4.39 Å². The average Bonchev–Trinajstić information content (AvgIpc) is 3.88. The molecule has 1 saturated heterocycles. The van der Waals surface area contributed by atoms with E-state index in [4.69, 9.17) is 4.74 Å². The Labute approximate surface area is 454 Å². The first-order valence-electron chi connectivity index (χ1n) is 25.9. The van der Waals surface area contributed by atoms with E-state index < -0.39 is 110 Å². The lowest BCUT2D eigenvalue weighted by molar-refractivity contribution is -0.148. The Morgan fingerprint density at radius 3 is 2.05 bits per heavy atom. The lowest BCUT2D eigenvalue weighted by atomic mass is 9.97. The zero-order chi connectivity index (χ0) is 57.5. The number of hydrogen-bond donors (Lipinski definition) is 7. The summed E-state index contributed by atoms with van der Waals surface area (Å²) in [6.07, 6.45) is 2.77. The number of aliphatic carboxylic acids is 1. The fourth-order valence-corrected chi connectivity index (χ4v) is 9.53. The number of nitrogens with zero attached hydrogens (tertiary/aromatic N) is 1. The van der Waals surface area contributed by atoms with Gasteiger partial charge in [0.2, 0.25) is 29.5 Å². The van der Waals surface area contributed by atoms with E-state index in [9.17, 15) is 60.8 Å². The van der Waals surface area contributed by atoms with Gasteiger partial charge in [-0.2, -0.15) is 8.42 Å². The van der Waals surface area contributed by atoms with Crippen LogP contribution in [0.15, 0.2) is 91.0 Å². The number of carbonyl (C=O) groups excluding carboxylic acids is 7. The Bertz CT molecular complexity index is 2980. The molecule has 5 atom stereocenters. The number of amides is 6. The quantitative estimate of drug-likeness (QED) is 0.0252. The molecule has 0 aliphatic carbocycles. The number of esters is 1. The minimum atomic E-state index is -4.37. The number of carbonyl (C=O) groups is 8. The van der Waals surface area contributed by atoms with Crippen LogP contribution in [0, 0.1) is 5.82 Å². The van der Waals surface area contributed by atoms with Crippen LogP contribution in [-0.2, 0) is 67.0 Å². The van der Waals surface area contributed by atoms with Crippen LogP contribution >= 0.6 is 0 Å². The normalized spacial score (nSPS) is 15.4. The van der Waals surface area contributed by atoms with Crippen molar-refractivity contribution in [2.45, 2.75) is 153 Å². The van der Waals surface area contributed by atoms with Crippen molar-refractivity contribution >= 4 is 74.3 Å². The number of fused-ring (bicyclic) bond motifs is 1. The standard InChI is InChI=1S/C57H71FN6O13S/c1-8-14-44(60-51(69)45(31-35-22-24-36(25-23-35)34-78(74,75)76)61-50(68)40-26-28-42(58)39(32-40)27-29-49(67)77-57(5,6)7)55(73)64-30-13-20-47(64)54(72)62-46(33-38-17-11-16-37-15-9-10-18-41(37)38)52(70)59-43(19-12-21-48(65)66)53(71)63-56(2,3)4/h9-11,15-18,22-29,32,43-47H,8,12-14,19-21,30-31,33-34H2,1-7H3,(H,59,70)(H,60,69)(H,61,68)(H,62,72)(H,63,71)(H,65,66)(H,74,75,76)/b29-27+/t43-,44-,45-,46-,47-/m0/s1. The Balaban J connectivity index is 1.41. The summed E-state index contributed by atoms with van der Waals surface area (Å²) in [6, 6.07) is 16.0. The van der Waals surface area contributed by atoms with Gasteiger partial charge in [-0.3, -0.25) is 38.1 Å². The van der Waals surface area contributed by atoms with Gasteiger partial charge < -0.3 is 41.3 Å². The van der Waals surface area contributed by atoms with Crippen molar-refractivity contribution in [1.82, 2.24) is 31.5 Å². The first kappa shape index (κ1) is 61.3. The van der Waals surface area contributed by atoms with Crippen molar-refractivity contribution in [3.05, 3.63) is 125 Å². The van der Waals surface area contributed by atoms with Crippen LogP contribution in [0.5, 0.6) is 0 Å². The maximum absolute atomic E-state index is 15.0. The van der Waals surface area contributed by atoms with Gasteiger partial charge >= 0.3 is 11.9 Å². The molecule has 1 fully saturated rings. The molecule has 4 aromatic carbocycles. The van der Waals surface area contributed by atoms with E-state index in [1.165, 1.54) is 41.3 Å². The predicted octanol–water partition coefficient (Wildman–Crippen LogP) is 5.72. The second-order valence-corrected chi connectivity index (χ2v) is 22.9. The van der Waals surface area contributed by atoms with Crippen LogP contribution in [0.3, 0.4) is 0 Å². The lowest BCUT2D eigenvalue weighted by Crippen LogP contribution is -2.59. The number of likely N-dealkylation sites (tertiary alicyclic amines) is 1. The first-order chi connectivity index (χ1) is 36.6. The molecule has 1 aliphatic rings. The third-order valence-corrected chi connectivity index (χ3v) is 13.2. The molecular formula is C57H71FN6O13S.